The van der Waals surface area contributed by atoms with Crippen molar-refractivity contribution in [2.45, 2.75) is 38.1 Å². The number of hydrogen-bond donors (Lipinski definition) is 0. The monoisotopic (exact) mass is 315 g/mol. The maximum atomic E-state index is 12.6. The van der Waals surface area contributed by atoms with E-state index in [-0.39, 0.29) is 19.6 Å². The molecule has 120 valence electrons. The van der Waals surface area contributed by atoms with E-state index in [2.05, 4.69) is 0 Å². The fourth-order valence-electron chi connectivity index (χ4n) is 2.41. The van der Waals surface area contributed by atoms with Gasteiger partial charge in [-0.25, -0.2) is 4.79 Å². The molecule has 1 aliphatic heterocycles. The Morgan fingerprint density at radius 2 is 1.86 bits per heavy atom. The largest absolute Gasteiger partial charge is 0.471 e. The summed E-state index contributed by atoms with van der Waals surface area (Å²) < 4.78 is 42.8. The molecule has 0 N–H and O–H groups in total. The normalized spacial score (nSPS) is 18.9. The van der Waals surface area contributed by atoms with Crippen molar-refractivity contribution in [1.82, 2.24) is 4.90 Å². The van der Waals surface area contributed by atoms with Crippen molar-refractivity contribution in [3.05, 3.63) is 35.9 Å². The maximum absolute atomic E-state index is 12.6. The summed E-state index contributed by atoms with van der Waals surface area (Å²) in [6, 6.07) is 7.66. The van der Waals surface area contributed by atoms with Crippen molar-refractivity contribution in [1.29, 1.82) is 0 Å². The van der Waals surface area contributed by atoms with Crippen molar-refractivity contribution < 1.29 is 27.5 Å². The van der Waals surface area contributed by atoms with Crippen LogP contribution >= 0.6 is 0 Å². The fourth-order valence-corrected chi connectivity index (χ4v) is 2.41. The minimum atomic E-state index is -4.98. The van der Waals surface area contributed by atoms with Gasteiger partial charge in [0.2, 0.25) is 0 Å². The minimum Gasteiger partial charge on any atom is -0.459 e. The number of benzene rings is 1. The van der Waals surface area contributed by atoms with Crippen LogP contribution < -0.4 is 0 Å². The standard InChI is InChI=1S/C15H16F3NO3/c16-15(17,18)14(21)19-9-5-4-8-12(19)13(20)22-10-11-6-2-1-3-7-11/h1-3,6-7,12H,4-5,8-10H2. The van der Waals surface area contributed by atoms with Crippen LogP contribution in [-0.4, -0.2) is 35.5 Å². The van der Waals surface area contributed by atoms with E-state index in [4.69, 9.17) is 4.74 Å². The molecule has 22 heavy (non-hydrogen) atoms. The van der Waals surface area contributed by atoms with Crippen LogP contribution in [0.3, 0.4) is 0 Å². The second-order valence-corrected chi connectivity index (χ2v) is 5.10. The van der Waals surface area contributed by atoms with Crippen molar-refractivity contribution in [2.24, 2.45) is 0 Å². The summed E-state index contributed by atoms with van der Waals surface area (Å²) in [5.74, 6) is -2.77. The van der Waals surface area contributed by atoms with Gasteiger partial charge in [0.15, 0.2) is 0 Å². The SMILES string of the molecule is O=C(OCc1ccccc1)C1CCCCN1C(=O)C(F)(F)F. The van der Waals surface area contributed by atoms with E-state index >= 15 is 0 Å². The second kappa shape index (κ2) is 6.81. The molecule has 1 saturated heterocycles. The third-order valence-electron chi connectivity index (χ3n) is 3.50. The summed E-state index contributed by atoms with van der Waals surface area (Å²) in [5.41, 5.74) is 0.736. The molecule has 0 spiro atoms. The predicted octanol–water partition coefficient (Wildman–Crippen LogP) is 2.67. The molecule has 1 fully saturated rings. The average Bonchev–Trinajstić information content (AvgIpc) is 2.52. The molecule has 1 unspecified atom stereocenters. The van der Waals surface area contributed by atoms with E-state index in [1.165, 1.54) is 0 Å². The molecule has 1 amide bonds. The van der Waals surface area contributed by atoms with Crippen LogP contribution in [0.1, 0.15) is 24.8 Å². The number of carbonyl (C=O) groups excluding carboxylic acids is 2. The van der Waals surface area contributed by atoms with Gasteiger partial charge in [0.05, 0.1) is 0 Å². The topological polar surface area (TPSA) is 46.6 Å². The molecule has 0 radical (unpaired) electrons. The lowest BCUT2D eigenvalue weighted by Gasteiger charge is -2.34. The third-order valence-corrected chi connectivity index (χ3v) is 3.50. The quantitative estimate of drug-likeness (QED) is 0.806. The molecule has 1 aromatic carbocycles. The smallest absolute Gasteiger partial charge is 0.459 e. The Hall–Kier alpha value is -2.05. The van der Waals surface area contributed by atoms with Gasteiger partial charge in [0.1, 0.15) is 12.6 Å². The number of carbonyl (C=O) groups is 2. The Bertz CT molecular complexity index is 531. The summed E-state index contributed by atoms with van der Waals surface area (Å²) in [7, 11) is 0. The van der Waals surface area contributed by atoms with Gasteiger partial charge < -0.3 is 9.64 Å². The highest BCUT2D eigenvalue weighted by Gasteiger charge is 2.47. The molecule has 1 aromatic rings. The van der Waals surface area contributed by atoms with E-state index in [0.29, 0.717) is 17.7 Å². The van der Waals surface area contributed by atoms with Crippen molar-refractivity contribution >= 4 is 11.9 Å². The van der Waals surface area contributed by atoms with E-state index in [1.54, 1.807) is 30.3 Å². The van der Waals surface area contributed by atoms with Gasteiger partial charge in [-0.2, -0.15) is 13.2 Å². The van der Waals surface area contributed by atoms with Crippen LogP contribution in [0.4, 0.5) is 13.2 Å². The molecule has 1 heterocycles. The lowest BCUT2D eigenvalue weighted by atomic mass is 10.0. The molecule has 2 rings (SSSR count). The summed E-state index contributed by atoms with van der Waals surface area (Å²) >= 11 is 0. The van der Waals surface area contributed by atoms with E-state index < -0.39 is 24.1 Å². The summed E-state index contributed by atoms with van der Waals surface area (Å²) in [4.78, 5) is 24.0. The van der Waals surface area contributed by atoms with Gasteiger partial charge in [-0.15, -0.1) is 0 Å². The Balaban J connectivity index is 2.01. The van der Waals surface area contributed by atoms with Crippen molar-refractivity contribution in [2.75, 3.05) is 6.54 Å². The molecular formula is C15H16F3NO3. The predicted molar refractivity (Wildman–Crippen MR) is 71.6 cm³/mol. The highest BCUT2D eigenvalue weighted by Crippen LogP contribution is 2.25. The third kappa shape index (κ3) is 3.99. The zero-order chi connectivity index (χ0) is 16.2. The van der Waals surface area contributed by atoms with Crippen LogP contribution in [-0.2, 0) is 20.9 Å². The number of halogens is 3. The maximum Gasteiger partial charge on any atom is 0.471 e. The lowest BCUT2D eigenvalue weighted by molar-refractivity contribution is -0.192. The zero-order valence-electron chi connectivity index (χ0n) is 11.8. The highest BCUT2D eigenvalue weighted by atomic mass is 19.4. The lowest BCUT2D eigenvalue weighted by Crippen LogP contribution is -2.53. The number of likely N-dealkylation sites (tertiary alicyclic amines) is 1. The molecule has 0 aromatic heterocycles. The van der Waals surface area contributed by atoms with E-state index in [1.807, 2.05) is 0 Å². The minimum absolute atomic E-state index is 0.0236. The number of piperidine rings is 1. The van der Waals surface area contributed by atoms with Gasteiger partial charge >= 0.3 is 18.1 Å². The number of amides is 1. The first-order valence-corrected chi connectivity index (χ1v) is 6.98. The van der Waals surface area contributed by atoms with Gasteiger partial charge in [0, 0.05) is 6.54 Å². The number of esters is 1. The Morgan fingerprint density at radius 1 is 1.18 bits per heavy atom. The van der Waals surface area contributed by atoms with Crippen LogP contribution in [0, 0.1) is 0 Å². The number of alkyl halides is 3. The first kappa shape index (κ1) is 16.3. The molecule has 7 heteroatoms. The van der Waals surface area contributed by atoms with E-state index in [9.17, 15) is 22.8 Å². The molecule has 0 saturated carbocycles. The Morgan fingerprint density at radius 3 is 2.50 bits per heavy atom. The molecule has 1 aliphatic rings. The summed E-state index contributed by atoms with van der Waals surface area (Å²) in [6.07, 6.45) is -3.75. The summed E-state index contributed by atoms with van der Waals surface area (Å²) in [5, 5.41) is 0. The van der Waals surface area contributed by atoms with Crippen LogP contribution in [0.2, 0.25) is 0 Å². The van der Waals surface area contributed by atoms with Crippen molar-refractivity contribution in [3.63, 3.8) is 0 Å². The van der Waals surface area contributed by atoms with Gasteiger partial charge in [-0.05, 0) is 24.8 Å². The number of rotatable bonds is 3. The van der Waals surface area contributed by atoms with Gasteiger partial charge in [0.25, 0.3) is 0 Å². The first-order chi connectivity index (χ1) is 10.4. The Kier molecular flexibility index (Phi) is 5.05. The second-order valence-electron chi connectivity index (χ2n) is 5.10. The molecule has 1 atom stereocenters. The number of nitrogens with zero attached hydrogens (tertiary/aromatic N) is 1. The zero-order valence-corrected chi connectivity index (χ0v) is 11.8. The van der Waals surface area contributed by atoms with Crippen molar-refractivity contribution in [3.8, 4) is 0 Å². The highest BCUT2D eigenvalue weighted by molar-refractivity contribution is 5.87. The van der Waals surface area contributed by atoms with Crippen LogP contribution in [0.25, 0.3) is 0 Å². The van der Waals surface area contributed by atoms with Gasteiger partial charge in [-0.3, -0.25) is 4.79 Å². The molecular weight excluding hydrogens is 299 g/mol. The van der Waals surface area contributed by atoms with Crippen LogP contribution in [0.15, 0.2) is 30.3 Å². The molecule has 0 aliphatic carbocycles. The number of hydrogen-bond acceptors (Lipinski definition) is 3. The molecule has 4 nitrogen and oxygen atoms in total. The van der Waals surface area contributed by atoms with E-state index in [0.717, 1.165) is 5.56 Å². The number of ether oxygens (including phenoxy) is 1. The average molecular weight is 315 g/mol. The summed E-state index contributed by atoms with van der Waals surface area (Å²) in [6.45, 7) is -0.104. The first-order valence-electron chi connectivity index (χ1n) is 6.98. The molecule has 0 bridgehead atoms. The van der Waals surface area contributed by atoms with Crippen LogP contribution in [0.5, 0.6) is 0 Å². The Labute approximate surface area is 125 Å². The van der Waals surface area contributed by atoms with Gasteiger partial charge in [-0.1, -0.05) is 30.3 Å². The fraction of sp³-hybridized carbons (Fsp3) is 0.467.